The first-order chi connectivity index (χ1) is 15.7. The molecule has 32 heavy (non-hydrogen) atoms. The first kappa shape index (κ1) is 19.5. The second kappa shape index (κ2) is 7.44. The van der Waals surface area contributed by atoms with Crippen molar-refractivity contribution in [3.8, 4) is 5.75 Å². The minimum atomic E-state index is -0.735. The van der Waals surface area contributed by atoms with Gasteiger partial charge in [0.25, 0.3) is 5.91 Å². The standard InChI is InChI=1S/C23H26N6O3/c1-2-31-18-14-24-22(29-20(18)25-15-26-29)27-12-10-23(11-13-27)21(30)28-17(8-9-19(28)32-23)16-6-4-3-5-7-16/h3-7,14-15,17,19H,2,8-13H2,1H3/t17-,19+/m0/s1. The van der Waals surface area contributed by atoms with Crippen molar-refractivity contribution in [2.75, 3.05) is 24.6 Å². The molecule has 0 saturated carbocycles. The van der Waals surface area contributed by atoms with Crippen LogP contribution in [-0.4, -0.2) is 61.9 Å². The quantitative estimate of drug-likeness (QED) is 0.624. The maximum atomic E-state index is 13.6. The van der Waals surface area contributed by atoms with Gasteiger partial charge in [0.2, 0.25) is 11.6 Å². The molecule has 6 rings (SSSR count). The van der Waals surface area contributed by atoms with Crippen molar-refractivity contribution in [1.29, 1.82) is 0 Å². The molecule has 1 amide bonds. The van der Waals surface area contributed by atoms with Crippen LogP contribution in [0.15, 0.2) is 42.9 Å². The summed E-state index contributed by atoms with van der Waals surface area (Å²) < 4.78 is 13.8. The first-order valence-corrected chi connectivity index (χ1v) is 11.3. The number of carbonyl (C=O) groups excluding carboxylic acids is 1. The zero-order valence-corrected chi connectivity index (χ0v) is 18.1. The summed E-state index contributed by atoms with van der Waals surface area (Å²) in [5, 5.41) is 4.35. The van der Waals surface area contributed by atoms with Crippen LogP contribution in [0.1, 0.15) is 44.2 Å². The number of hydrogen-bond donors (Lipinski definition) is 0. The number of benzene rings is 1. The third-order valence-electron chi connectivity index (χ3n) is 6.91. The zero-order valence-electron chi connectivity index (χ0n) is 18.1. The van der Waals surface area contributed by atoms with Gasteiger partial charge in [0.05, 0.1) is 18.8 Å². The molecule has 9 nitrogen and oxygen atoms in total. The summed E-state index contributed by atoms with van der Waals surface area (Å²) in [6.07, 6.45) is 6.18. The lowest BCUT2D eigenvalue weighted by Gasteiger charge is -2.37. The van der Waals surface area contributed by atoms with Crippen molar-refractivity contribution >= 4 is 17.5 Å². The normalized spacial score (nSPS) is 24.5. The summed E-state index contributed by atoms with van der Waals surface area (Å²) in [4.78, 5) is 26.7. The number of carbonyl (C=O) groups is 1. The molecule has 3 saturated heterocycles. The number of aromatic nitrogens is 4. The molecule has 9 heteroatoms. The molecule has 0 bridgehead atoms. The van der Waals surface area contributed by atoms with E-state index in [2.05, 4.69) is 32.1 Å². The predicted octanol–water partition coefficient (Wildman–Crippen LogP) is 2.58. The Kier molecular flexibility index (Phi) is 4.53. The van der Waals surface area contributed by atoms with Crippen LogP contribution in [0, 0.1) is 0 Å². The van der Waals surface area contributed by atoms with Gasteiger partial charge in [-0.25, -0.2) is 9.97 Å². The fraction of sp³-hybridized carbons (Fsp3) is 0.478. The molecule has 1 spiro atoms. The molecule has 1 aromatic carbocycles. The number of rotatable bonds is 4. The molecule has 0 radical (unpaired) electrons. The Morgan fingerprint density at radius 1 is 1.16 bits per heavy atom. The highest BCUT2D eigenvalue weighted by Gasteiger charge is 2.58. The van der Waals surface area contributed by atoms with Crippen molar-refractivity contribution in [2.24, 2.45) is 0 Å². The molecule has 2 aromatic heterocycles. The van der Waals surface area contributed by atoms with Crippen molar-refractivity contribution in [3.05, 3.63) is 48.4 Å². The van der Waals surface area contributed by atoms with Crippen LogP contribution in [-0.2, 0) is 9.53 Å². The molecule has 2 atom stereocenters. The summed E-state index contributed by atoms with van der Waals surface area (Å²) in [5.74, 6) is 1.46. The number of fused-ring (bicyclic) bond motifs is 2. The molecule has 3 aromatic rings. The van der Waals surface area contributed by atoms with Gasteiger partial charge in [-0.15, -0.1) is 0 Å². The molecule has 0 N–H and O–H groups in total. The molecule has 3 aliphatic heterocycles. The molecule has 5 heterocycles. The maximum absolute atomic E-state index is 13.6. The lowest BCUT2D eigenvalue weighted by Crippen LogP contribution is -2.51. The van der Waals surface area contributed by atoms with Crippen LogP contribution in [0.2, 0.25) is 0 Å². The molecule has 3 fully saturated rings. The van der Waals surface area contributed by atoms with Gasteiger partial charge in [-0.1, -0.05) is 30.3 Å². The predicted molar refractivity (Wildman–Crippen MR) is 116 cm³/mol. The highest BCUT2D eigenvalue weighted by atomic mass is 16.6. The van der Waals surface area contributed by atoms with Gasteiger partial charge in [0, 0.05) is 25.9 Å². The van der Waals surface area contributed by atoms with Gasteiger partial charge >= 0.3 is 0 Å². The van der Waals surface area contributed by atoms with E-state index in [1.807, 2.05) is 30.0 Å². The van der Waals surface area contributed by atoms with Crippen LogP contribution in [0.25, 0.3) is 5.65 Å². The molecular weight excluding hydrogens is 408 g/mol. The van der Waals surface area contributed by atoms with Gasteiger partial charge < -0.3 is 19.3 Å². The van der Waals surface area contributed by atoms with Crippen molar-refractivity contribution < 1.29 is 14.3 Å². The van der Waals surface area contributed by atoms with Crippen molar-refractivity contribution in [1.82, 2.24) is 24.5 Å². The minimum Gasteiger partial charge on any atom is -0.488 e. The van der Waals surface area contributed by atoms with E-state index in [4.69, 9.17) is 9.47 Å². The van der Waals surface area contributed by atoms with E-state index in [1.54, 1.807) is 10.7 Å². The Balaban J connectivity index is 1.22. The highest BCUT2D eigenvalue weighted by Crippen LogP contribution is 2.47. The van der Waals surface area contributed by atoms with E-state index in [1.165, 1.54) is 11.9 Å². The van der Waals surface area contributed by atoms with Crippen LogP contribution in [0.3, 0.4) is 0 Å². The molecule has 166 valence electrons. The summed E-state index contributed by atoms with van der Waals surface area (Å²) in [5.41, 5.74) is 1.10. The third-order valence-corrected chi connectivity index (χ3v) is 6.91. The largest absolute Gasteiger partial charge is 0.488 e. The second-order valence-electron chi connectivity index (χ2n) is 8.62. The SMILES string of the molecule is CCOc1cnc(N2CCC3(CC2)O[C@@H]2CC[C@@H](c4ccccc4)N2C3=O)n2ncnc12. The lowest BCUT2D eigenvalue weighted by atomic mass is 9.89. The maximum Gasteiger partial charge on any atom is 0.257 e. The van der Waals surface area contributed by atoms with Gasteiger partial charge in [-0.2, -0.15) is 9.61 Å². The lowest BCUT2D eigenvalue weighted by molar-refractivity contribution is -0.140. The van der Waals surface area contributed by atoms with Gasteiger partial charge in [0.1, 0.15) is 12.6 Å². The Morgan fingerprint density at radius 3 is 2.75 bits per heavy atom. The van der Waals surface area contributed by atoms with Crippen molar-refractivity contribution in [3.63, 3.8) is 0 Å². The highest BCUT2D eigenvalue weighted by molar-refractivity contribution is 5.88. The fourth-order valence-electron chi connectivity index (χ4n) is 5.37. The number of ether oxygens (including phenoxy) is 2. The topological polar surface area (TPSA) is 85.1 Å². The van der Waals surface area contributed by atoms with E-state index in [9.17, 15) is 4.79 Å². The van der Waals surface area contributed by atoms with Crippen molar-refractivity contribution in [2.45, 2.75) is 50.5 Å². The van der Waals surface area contributed by atoms with Gasteiger partial charge in [-0.3, -0.25) is 4.79 Å². The third kappa shape index (κ3) is 2.87. The monoisotopic (exact) mass is 434 g/mol. The molecular formula is C23H26N6O3. The first-order valence-electron chi connectivity index (χ1n) is 11.3. The Bertz CT molecular complexity index is 1140. The second-order valence-corrected chi connectivity index (χ2v) is 8.62. The summed E-state index contributed by atoms with van der Waals surface area (Å²) in [6, 6.07) is 10.4. The summed E-state index contributed by atoms with van der Waals surface area (Å²) in [7, 11) is 0. The number of nitrogens with zero attached hydrogens (tertiary/aromatic N) is 6. The van der Waals surface area contributed by atoms with Crippen LogP contribution in [0.5, 0.6) is 5.75 Å². The molecule has 3 aliphatic rings. The van der Waals surface area contributed by atoms with Crippen LogP contribution in [0.4, 0.5) is 5.95 Å². The van der Waals surface area contributed by atoms with Gasteiger partial charge in [0.15, 0.2) is 11.4 Å². The number of amides is 1. The van der Waals surface area contributed by atoms with E-state index in [-0.39, 0.29) is 18.2 Å². The number of hydrogen-bond acceptors (Lipinski definition) is 7. The Labute approximate surface area is 186 Å². The van der Waals surface area contributed by atoms with E-state index in [0.29, 0.717) is 49.9 Å². The van der Waals surface area contributed by atoms with E-state index < -0.39 is 5.60 Å². The Morgan fingerprint density at radius 2 is 1.97 bits per heavy atom. The van der Waals surface area contributed by atoms with E-state index in [0.717, 1.165) is 12.8 Å². The Hall–Kier alpha value is -3.20. The summed E-state index contributed by atoms with van der Waals surface area (Å²) in [6.45, 7) is 3.80. The fourth-order valence-corrected chi connectivity index (χ4v) is 5.37. The molecule has 0 unspecified atom stereocenters. The van der Waals surface area contributed by atoms with Crippen LogP contribution >= 0.6 is 0 Å². The molecule has 0 aliphatic carbocycles. The zero-order chi connectivity index (χ0) is 21.7. The number of anilines is 1. The van der Waals surface area contributed by atoms with Crippen LogP contribution < -0.4 is 9.64 Å². The number of piperidine rings is 1. The average Bonchev–Trinajstić information content (AvgIpc) is 3.53. The summed E-state index contributed by atoms with van der Waals surface area (Å²) >= 11 is 0. The average molecular weight is 435 g/mol. The van der Waals surface area contributed by atoms with Gasteiger partial charge in [-0.05, 0) is 25.3 Å². The van der Waals surface area contributed by atoms with E-state index >= 15 is 0 Å². The minimum absolute atomic E-state index is 0.105. The smallest absolute Gasteiger partial charge is 0.257 e.